The first kappa shape index (κ1) is 14.5. The molecule has 1 heterocycles. The summed E-state index contributed by atoms with van der Waals surface area (Å²) in [4.78, 5) is 12.2. The number of nitrogens with one attached hydrogen (secondary N) is 2. The van der Waals surface area contributed by atoms with E-state index in [-0.39, 0.29) is 12.1 Å². The van der Waals surface area contributed by atoms with E-state index in [0.29, 0.717) is 22.1 Å². The van der Waals surface area contributed by atoms with E-state index in [4.69, 9.17) is 21.1 Å². The van der Waals surface area contributed by atoms with Crippen LogP contribution in [0, 0.1) is 0 Å². The first-order valence-corrected chi connectivity index (χ1v) is 7.09. The van der Waals surface area contributed by atoms with Gasteiger partial charge in [-0.15, -0.1) is 0 Å². The number of methoxy groups -OCH3 is 2. The average Bonchev–Trinajstić information content (AvgIpc) is 2.54. The summed E-state index contributed by atoms with van der Waals surface area (Å²) in [7, 11) is 3.07. The Morgan fingerprint density at radius 1 is 1.09 bits per heavy atom. The Bertz CT molecular complexity index is 733. The van der Waals surface area contributed by atoms with E-state index in [9.17, 15) is 4.79 Å². The minimum absolute atomic E-state index is 0.134. The van der Waals surface area contributed by atoms with Crippen LogP contribution in [0.2, 0.25) is 5.02 Å². The van der Waals surface area contributed by atoms with Crippen LogP contribution in [0.15, 0.2) is 36.4 Å². The summed E-state index contributed by atoms with van der Waals surface area (Å²) in [6.45, 7) is 0. The summed E-state index contributed by atoms with van der Waals surface area (Å²) in [5.74, 6) is 0.848. The highest BCUT2D eigenvalue weighted by molar-refractivity contribution is 6.32. The summed E-state index contributed by atoms with van der Waals surface area (Å²) >= 11 is 6.22. The van der Waals surface area contributed by atoms with Gasteiger partial charge in [0.2, 0.25) is 0 Å². The van der Waals surface area contributed by atoms with Gasteiger partial charge in [0, 0.05) is 5.69 Å². The van der Waals surface area contributed by atoms with Crippen LogP contribution in [-0.2, 0) is 0 Å². The van der Waals surface area contributed by atoms with Crippen molar-refractivity contribution in [1.82, 2.24) is 5.32 Å². The van der Waals surface area contributed by atoms with Gasteiger partial charge in [-0.2, -0.15) is 0 Å². The van der Waals surface area contributed by atoms with Crippen LogP contribution in [-0.4, -0.2) is 20.1 Å². The highest BCUT2D eigenvalue weighted by Crippen LogP contribution is 2.38. The first-order chi connectivity index (χ1) is 10.6. The number of carbonyl (C=O) groups is 1. The number of hydrogen-bond donors (Lipinski definition) is 2. The Balaban J connectivity index is 1.99. The zero-order valence-corrected chi connectivity index (χ0v) is 12.9. The van der Waals surface area contributed by atoms with Crippen LogP contribution in [0.4, 0.5) is 5.69 Å². The molecule has 114 valence electrons. The number of fused-ring (bicyclic) bond motifs is 1. The molecule has 0 saturated heterocycles. The van der Waals surface area contributed by atoms with Gasteiger partial charge < -0.3 is 20.1 Å². The van der Waals surface area contributed by atoms with Gasteiger partial charge >= 0.3 is 0 Å². The van der Waals surface area contributed by atoms with Crippen LogP contribution in [0.3, 0.4) is 0 Å². The van der Waals surface area contributed by atoms with Gasteiger partial charge in [-0.1, -0.05) is 23.7 Å². The molecule has 1 atom stereocenters. The molecule has 6 heteroatoms. The second-order valence-corrected chi connectivity index (χ2v) is 5.24. The maximum Gasteiger partial charge on any atom is 0.255 e. The Morgan fingerprint density at radius 2 is 1.86 bits per heavy atom. The zero-order valence-electron chi connectivity index (χ0n) is 12.1. The van der Waals surface area contributed by atoms with Gasteiger partial charge in [0.15, 0.2) is 11.5 Å². The van der Waals surface area contributed by atoms with Crippen molar-refractivity contribution < 1.29 is 14.3 Å². The van der Waals surface area contributed by atoms with E-state index in [1.54, 1.807) is 25.3 Å². The lowest BCUT2D eigenvalue weighted by molar-refractivity contribution is 0.0935. The molecule has 0 spiro atoms. The highest BCUT2D eigenvalue weighted by atomic mass is 35.5. The van der Waals surface area contributed by atoms with Crippen molar-refractivity contribution in [2.75, 3.05) is 19.5 Å². The molecule has 2 aromatic carbocycles. The lowest BCUT2D eigenvalue weighted by Crippen LogP contribution is -2.38. The van der Waals surface area contributed by atoms with Gasteiger partial charge in [-0.3, -0.25) is 4.79 Å². The molecular weight excluding hydrogens is 304 g/mol. The SMILES string of the molecule is COc1cc([C@H]2NC(=O)c3ccccc3N2)cc(Cl)c1OC. The fourth-order valence-corrected chi connectivity index (χ4v) is 2.77. The number of ether oxygens (including phenoxy) is 2. The topological polar surface area (TPSA) is 59.6 Å². The lowest BCUT2D eigenvalue weighted by Gasteiger charge is -2.28. The van der Waals surface area contributed by atoms with Crippen molar-refractivity contribution in [2.45, 2.75) is 6.17 Å². The van der Waals surface area contributed by atoms with Gasteiger partial charge in [0.25, 0.3) is 5.91 Å². The Labute approximate surface area is 133 Å². The molecule has 1 aliphatic heterocycles. The van der Waals surface area contributed by atoms with E-state index in [0.717, 1.165) is 11.3 Å². The number of anilines is 1. The van der Waals surface area contributed by atoms with Gasteiger partial charge in [0.1, 0.15) is 6.17 Å². The Kier molecular flexibility index (Phi) is 3.81. The zero-order chi connectivity index (χ0) is 15.7. The molecule has 0 aromatic heterocycles. The Hall–Kier alpha value is -2.40. The third kappa shape index (κ3) is 2.44. The van der Waals surface area contributed by atoms with E-state index in [1.807, 2.05) is 18.2 Å². The third-order valence-corrected chi connectivity index (χ3v) is 3.82. The van der Waals surface area contributed by atoms with Crippen molar-refractivity contribution in [3.63, 3.8) is 0 Å². The van der Waals surface area contributed by atoms with Crippen LogP contribution < -0.4 is 20.1 Å². The molecule has 0 fully saturated rings. The predicted octanol–water partition coefficient (Wildman–Crippen LogP) is 3.21. The number of amides is 1. The maximum absolute atomic E-state index is 12.2. The van der Waals surface area contributed by atoms with Crippen molar-refractivity contribution >= 4 is 23.2 Å². The molecule has 0 saturated carbocycles. The monoisotopic (exact) mass is 318 g/mol. The largest absolute Gasteiger partial charge is 0.493 e. The molecule has 2 N–H and O–H groups in total. The normalized spacial score (nSPS) is 16.3. The number of carbonyl (C=O) groups excluding carboxylic acids is 1. The average molecular weight is 319 g/mol. The van der Waals surface area contributed by atoms with Crippen molar-refractivity contribution in [3.05, 3.63) is 52.5 Å². The molecule has 1 aliphatic rings. The van der Waals surface area contributed by atoms with E-state index in [2.05, 4.69) is 10.6 Å². The predicted molar refractivity (Wildman–Crippen MR) is 84.8 cm³/mol. The number of para-hydroxylation sites is 1. The summed E-state index contributed by atoms with van der Waals surface area (Å²) in [6.07, 6.45) is -0.389. The van der Waals surface area contributed by atoms with Crippen molar-refractivity contribution in [1.29, 1.82) is 0 Å². The van der Waals surface area contributed by atoms with E-state index in [1.165, 1.54) is 7.11 Å². The van der Waals surface area contributed by atoms with Crippen LogP contribution in [0.5, 0.6) is 11.5 Å². The molecule has 22 heavy (non-hydrogen) atoms. The summed E-state index contributed by atoms with van der Waals surface area (Å²) in [5, 5.41) is 6.60. The van der Waals surface area contributed by atoms with Crippen LogP contribution in [0.25, 0.3) is 0 Å². The highest BCUT2D eigenvalue weighted by Gasteiger charge is 2.25. The fraction of sp³-hybridized carbons (Fsp3) is 0.188. The van der Waals surface area contributed by atoms with E-state index >= 15 is 0 Å². The minimum Gasteiger partial charge on any atom is -0.493 e. The summed E-state index contributed by atoms with van der Waals surface area (Å²) in [6, 6.07) is 10.9. The van der Waals surface area contributed by atoms with Gasteiger partial charge in [0.05, 0.1) is 24.8 Å². The number of benzene rings is 2. The quantitative estimate of drug-likeness (QED) is 0.912. The molecule has 0 aliphatic carbocycles. The van der Waals surface area contributed by atoms with Crippen LogP contribution >= 0.6 is 11.6 Å². The maximum atomic E-state index is 12.2. The first-order valence-electron chi connectivity index (χ1n) is 6.72. The molecule has 2 aromatic rings. The fourth-order valence-electron chi connectivity index (χ4n) is 2.48. The minimum atomic E-state index is -0.389. The third-order valence-electron chi connectivity index (χ3n) is 3.54. The summed E-state index contributed by atoms with van der Waals surface area (Å²) < 4.78 is 10.5. The molecule has 1 amide bonds. The van der Waals surface area contributed by atoms with Gasteiger partial charge in [-0.05, 0) is 29.8 Å². The number of hydrogen-bond acceptors (Lipinski definition) is 4. The molecular formula is C16H15ClN2O3. The Morgan fingerprint density at radius 3 is 2.59 bits per heavy atom. The molecule has 0 bridgehead atoms. The second-order valence-electron chi connectivity index (χ2n) is 4.83. The van der Waals surface area contributed by atoms with Crippen molar-refractivity contribution in [3.8, 4) is 11.5 Å². The van der Waals surface area contributed by atoms with Crippen LogP contribution in [0.1, 0.15) is 22.1 Å². The summed E-state index contributed by atoms with van der Waals surface area (Å²) in [5.41, 5.74) is 2.18. The lowest BCUT2D eigenvalue weighted by atomic mass is 10.1. The molecule has 5 nitrogen and oxygen atoms in total. The number of rotatable bonds is 3. The number of halogens is 1. The molecule has 0 radical (unpaired) electrons. The van der Waals surface area contributed by atoms with Gasteiger partial charge in [-0.25, -0.2) is 0 Å². The standard InChI is InChI=1S/C16H15ClN2O3/c1-21-13-8-9(7-11(17)14(13)22-2)15-18-12-6-4-3-5-10(12)16(20)19-15/h3-8,15,18H,1-2H3,(H,19,20)/t15-/m1/s1. The molecule has 3 rings (SSSR count). The smallest absolute Gasteiger partial charge is 0.255 e. The van der Waals surface area contributed by atoms with Crippen molar-refractivity contribution in [2.24, 2.45) is 0 Å². The second kappa shape index (κ2) is 5.77. The molecule has 0 unspecified atom stereocenters. The van der Waals surface area contributed by atoms with E-state index < -0.39 is 0 Å².